The van der Waals surface area contributed by atoms with Gasteiger partial charge in [0.15, 0.2) is 0 Å². The molecule has 1 aliphatic rings. The van der Waals surface area contributed by atoms with Gasteiger partial charge in [-0.05, 0) is 18.1 Å². The zero-order valence-electron chi connectivity index (χ0n) is 9.47. The molecule has 1 aromatic carbocycles. The molecule has 1 N–H and O–H groups in total. The van der Waals surface area contributed by atoms with Crippen LogP contribution in [0.3, 0.4) is 0 Å². The first-order valence-corrected chi connectivity index (χ1v) is 6.39. The molecule has 0 radical (unpaired) electrons. The van der Waals surface area contributed by atoms with Gasteiger partial charge in [-0.3, -0.25) is 4.79 Å². The van der Waals surface area contributed by atoms with Gasteiger partial charge >= 0.3 is 12.1 Å². The lowest BCUT2D eigenvalue weighted by atomic mass is 9.90. The fourth-order valence-corrected chi connectivity index (χ4v) is 2.65. The van der Waals surface area contributed by atoms with Crippen molar-refractivity contribution in [3.8, 4) is 5.75 Å². The SMILES string of the molecule is O=C(O)[C@@H]1Cc2cc(Cl)c(Cl)c(Cl)c2O[C@@H]1C(F)(F)F. The predicted octanol–water partition coefficient (Wildman–Crippen LogP) is 4.21. The third-order valence-electron chi connectivity index (χ3n) is 2.88. The van der Waals surface area contributed by atoms with E-state index in [0.717, 1.165) is 0 Å². The van der Waals surface area contributed by atoms with E-state index in [-0.39, 0.29) is 26.4 Å². The van der Waals surface area contributed by atoms with Crippen LogP contribution in [-0.2, 0) is 11.2 Å². The number of aliphatic carboxylic acids is 1. The number of carbonyl (C=O) groups is 1. The van der Waals surface area contributed by atoms with E-state index in [0.29, 0.717) is 0 Å². The monoisotopic (exact) mass is 348 g/mol. The minimum absolute atomic E-state index is 0.0219. The first kappa shape index (κ1) is 15.5. The summed E-state index contributed by atoms with van der Waals surface area (Å²) in [5, 5.41) is 8.55. The summed E-state index contributed by atoms with van der Waals surface area (Å²) in [6.07, 6.45) is -7.72. The second-order valence-corrected chi connectivity index (χ2v) is 5.37. The number of fused-ring (bicyclic) bond motifs is 1. The molecular weight excluding hydrogens is 343 g/mol. The van der Waals surface area contributed by atoms with E-state index in [1.165, 1.54) is 6.07 Å². The lowest BCUT2D eigenvalue weighted by Gasteiger charge is -2.33. The average molecular weight is 350 g/mol. The summed E-state index contributed by atoms with van der Waals surface area (Å²) >= 11 is 17.3. The van der Waals surface area contributed by atoms with E-state index >= 15 is 0 Å². The highest BCUT2D eigenvalue weighted by molar-refractivity contribution is 6.48. The van der Waals surface area contributed by atoms with Crippen LogP contribution in [0, 0.1) is 5.92 Å². The Morgan fingerprint density at radius 2 is 1.90 bits per heavy atom. The normalized spacial score (nSPS) is 22.1. The molecule has 110 valence electrons. The van der Waals surface area contributed by atoms with Gasteiger partial charge in [0.25, 0.3) is 0 Å². The Morgan fingerprint density at radius 1 is 1.30 bits per heavy atom. The van der Waals surface area contributed by atoms with E-state index in [9.17, 15) is 18.0 Å². The maximum Gasteiger partial charge on any atom is 0.426 e. The summed E-state index contributed by atoms with van der Waals surface area (Å²) in [6, 6.07) is 1.26. The van der Waals surface area contributed by atoms with E-state index in [2.05, 4.69) is 0 Å². The lowest BCUT2D eigenvalue weighted by molar-refractivity contribution is -0.217. The minimum atomic E-state index is -4.84. The molecule has 1 heterocycles. The Labute approximate surface area is 126 Å². The van der Waals surface area contributed by atoms with Gasteiger partial charge in [-0.1, -0.05) is 34.8 Å². The van der Waals surface area contributed by atoms with Crippen LogP contribution in [0.15, 0.2) is 6.07 Å². The Bertz CT molecular complexity index is 574. The summed E-state index contributed by atoms with van der Waals surface area (Å²) in [4.78, 5) is 11.0. The van der Waals surface area contributed by atoms with Crippen molar-refractivity contribution in [2.24, 2.45) is 5.92 Å². The number of ether oxygens (including phenoxy) is 1. The second-order valence-electron chi connectivity index (χ2n) is 4.20. The fraction of sp³-hybridized carbons (Fsp3) is 0.364. The van der Waals surface area contributed by atoms with E-state index in [4.69, 9.17) is 44.6 Å². The highest BCUT2D eigenvalue weighted by Crippen LogP contribution is 2.46. The van der Waals surface area contributed by atoms with Crippen molar-refractivity contribution < 1.29 is 27.8 Å². The van der Waals surface area contributed by atoms with Gasteiger partial charge in [-0.15, -0.1) is 0 Å². The van der Waals surface area contributed by atoms with Crippen LogP contribution in [0.2, 0.25) is 15.1 Å². The molecule has 1 aliphatic heterocycles. The van der Waals surface area contributed by atoms with Crippen LogP contribution in [0.1, 0.15) is 5.56 Å². The molecule has 0 bridgehead atoms. The predicted molar refractivity (Wildman–Crippen MR) is 66.8 cm³/mol. The highest BCUT2D eigenvalue weighted by atomic mass is 35.5. The Kier molecular flexibility index (Phi) is 4.01. The van der Waals surface area contributed by atoms with Crippen LogP contribution in [0.5, 0.6) is 5.75 Å². The minimum Gasteiger partial charge on any atom is -0.481 e. The molecule has 2 rings (SSSR count). The summed E-state index contributed by atoms with van der Waals surface area (Å²) in [5.74, 6) is -3.66. The molecule has 3 nitrogen and oxygen atoms in total. The van der Waals surface area contributed by atoms with Crippen LogP contribution in [0.25, 0.3) is 0 Å². The Balaban J connectivity index is 2.54. The molecule has 0 aromatic heterocycles. The smallest absolute Gasteiger partial charge is 0.426 e. The average Bonchev–Trinajstić information content (AvgIpc) is 2.33. The quantitative estimate of drug-likeness (QED) is 0.773. The number of alkyl halides is 3. The van der Waals surface area contributed by atoms with E-state index in [1.54, 1.807) is 0 Å². The maximum atomic E-state index is 12.9. The molecule has 1 aromatic rings. The fourth-order valence-electron chi connectivity index (χ4n) is 1.97. The number of benzene rings is 1. The third kappa shape index (κ3) is 2.64. The largest absolute Gasteiger partial charge is 0.481 e. The maximum absolute atomic E-state index is 12.9. The van der Waals surface area contributed by atoms with Crippen molar-refractivity contribution in [2.45, 2.75) is 18.7 Å². The molecule has 0 fully saturated rings. The van der Waals surface area contributed by atoms with Crippen molar-refractivity contribution in [3.63, 3.8) is 0 Å². The van der Waals surface area contributed by atoms with Gasteiger partial charge in [-0.2, -0.15) is 13.2 Å². The van der Waals surface area contributed by atoms with E-state index < -0.39 is 30.6 Å². The highest BCUT2D eigenvalue weighted by Gasteiger charge is 2.52. The van der Waals surface area contributed by atoms with Crippen molar-refractivity contribution in [2.75, 3.05) is 0 Å². The first-order valence-electron chi connectivity index (χ1n) is 5.25. The number of hydrogen-bond donors (Lipinski definition) is 1. The molecule has 20 heavy (non-hydrogen) atoms. The first-order chi connectivity index (χ1) is 9.12. The van der Waals surface area contributed by atoms with Gasteiger partial charge in [-0.25, -0.2) is 0 Å². The zero-order valence-corrected chi connectivity index (χ0v) is 11.7. The van der Waals surface area contributed by atoms with Crippen molar-refractivity contribution >= 4 is 40.8 Å². The standard InChI is InChI=1S/C11H6Cl3F3O3/c12-5-2-3-1-4(10(18)19)9(11(15,16)17)20-8(3)7(14)6(5)13/h2,4,9H,1H2,(H,18,19)/t4-,9+/m1/s1. The van der Waals surface area contributed by atoms with E-state index in [1.807, 2.05) is 0 Å². The molecule has 9 heteroatoms. The number of rotatable bonds is 1. The van der Waals surface area contributed by atoms with Gasteiger partial charge in [0.1, 0.15) is 16.7 Å². The number of hydrogen-bond acceptors (Lipinski definition) is 2. The number of halogens is 6. The molecule has 0 aliphatic carbocycles. The van der Waals surface area contributed by atoms with Crippen LogP contribution in [-0.4, -0.2) is 23.4 Å². The Morgan fingerprint density at radius 3 is 2.40 bits per heavy atom. The van der Waals surface area contributed by atoms with Gasteiger partial charge in [0, 0.05) is 0 Å². The van der Waals surface area contributed by atoms with Crippen molar-refractivity contribution in [1.82, 2.24) is 0 Å². The molecule has 0 unspecified atom stereocenters. The van der Waals surface area contributed by atoms with Crippen molar-refractivity contribution in [1.29, 1.82) is 0 Å². The van der Waals surface area contributed by atoms with Crippen LogP contribution >= 0.6 is 34.8 Å². The lowest BCUT2D eigenvalue weighted by Crippen LogP contribution is -2.47. The zero-order chi connectivity index (χ0) is 15.2. The van der Waals surface area contributed by atoms with Gasteiger partial charge in [0.05, 0.1) is 10.0 Å². The van der Waals surface area contributed by atoms with Crippen LogP contribution < -0.4 is 4.74 Å². The number of carboxylic acid groups (broad SMARTS) is 1. The van der Waals surface area contributed by atoms with Crippen molar-refractivity contribution in [3.05, 3.63) is 26.7 Å². The topological polar surface area (TPSA) is 46.5 Å². The molecule has 0 saturated carbocycles. The van der Waals surface area contributed by atoms with Gasteiger partial charge in [0.2, 0.25) is 6.10 Å². The summed E-state index contributed by atoms with van der Waals surface area (Å²) in [5.41, 5.74) is 0.178. The van der Waals surface area contributed by atoms with Gasteiger partial charge < -0.3 is 9.84 Å². The molecular formula is C11H6Cl3F3O3. The summed E-state index contributed by atoms with van der Waals surface area (Å²) in [7, 11) is 0. The molecule has 0 spiro atoms. The van der Waals surface area contributed by atoms with Crippen LogP contribution in [0.4, 0.5) is 13.2 Å². The second kappa shape index (κ2) is 5.16. The summed E-state index contributed by atoms with van der Waals surface area (Å²) in [6.45, 7) is 0. The third-order valence-corrected chi connectivity index (χ3v) is 4.13. The molecule has 2 atom stereocenters. The number of carboxylic acids is 1. The summed E-state index contributed by atoms with van der Waals surface area (Å²) < 4.78 is 43.4. The Hall–Kier alpha value is -0.850. The molecule has 0 amide bonds. The molecule has 0 saturated heterocycles.